The van der Waals surface area contributed by atoms with Gasteiger partial charge in [0.05, 0.1) is 18.3 Å². The van der Waals surface area contributed by atoms with E-state index in [0.29, 0.717) is 5.69 Å². The molecule has 1 atom stereocenters. The van der Waals surface area contributed by atoms with Gasteiger partial charge in [0.15, 0.2) is 6.04 Å². The van der Waals surface area contributed by atoms with Crippen molar-refractivity contribution in [3.63, 3.8) is 0 Å². The summed E-state index contributed by atoms with van der Waals surface area (Å²) in [5.74, 6) is -1.33. The Hall–Kier alpha value is -2.11. The second kappa shape index (κ2) is 3.56. The van der Waals surface area contributed by atoms with Gasteiger partial charge in [0.25, 0.3) is 0 Å². The van der Waals surface area contributed by atoms with Crippen molar-refractivity contribution in [2.45, 2.75) is 12.5 Å². The third kappa shape index (κ3) is 1.74. The van der Waals surface area contributed by atoms with Gasteiger partial charge in [-0.15, -0.1) is 0 Å². The number of carbonyl (C=O) groups excluding carboxylic acids is 1. The van der Waals surface area contributed by atoms with Gasteiger partial charge in [0, 0.05) is 6.20 Å². The van der Waals surface area contributed by atoms with E-state index < -0.39 is 12.0 Å². The lowest BCUT2D eigenvalue weighted by Gasteiger charge is -2.21. The fraction of sp³-hybridized carbons (Fsp3) is 0.222. The van der Waals surface area contributed by atoms with Gasteiger partial charge in [0.2, 0.25) is 5.91 Å². The maximum Gasteiger partial charge on any atom is 0.328 e. The SMILES string of the molecule is O=C1CC(C(=O)O)N(c2cccnc2)N1. The van der Waals surface area contributed by atoms with E-state index in [0.717, 1.165) is 0 Å². The molecule has 15 heavy (non-hydrogen) atoms. The number of rotatable bonds is 2. The molecule has 0 bridgehead atoms. The molecule has 6 heteroatoms. The summed E-state index contributed by atoms with van der Waals surface area (Å²) in [6.07, 6.45) is 3.04. The van der Waals surface area contributed by atoms with Crippen molar-refractivity contribution in [1.29, 1.82) is 0 Å². The Morgan fingerprint density at radius 2 is 2.47 bits per heavy atom. The fourth-order valence-corrected chi connectivity index (χ4v) is 1.46. The molecule has 1 amide bonds. The number of carboxylic acids is 1. The summed E-state index contributed by atoms with van der Waals surface area (Å²) in [6.45, 7) is 0. The first kappa shape index (κ1) is 9.45. The number of anilines is 1. The second-order valence-electron chi connectivity index (χ2n) is 3.17. The van der Waals surface area contributed by atoms with Gasteiger partial charge in [-0.3, -0.25) is 20.2 Å². The number of hydrazine groups is 1. The first-order chi connectivity index (χ1) is 7.18. The van der Waals surface area contributed by atoms with Crippen LogP contribution in [-0.2, 0) is 9.59 Å². The first-order valence-corrected chi connectivity index (χ1v) is 4.40. The third-order valence-corrected chi connectivity index (χ3v) is 2.14. The van der Waals surface area contributed by atoms with Gasteiger partial charge in [-0.2, -0.15) is 0 Å². The van der Waals surface area contributed by atoms with E-state index in [1.54, 1.807) is 18.3 Å². The van der Waals surface area contributed by atoms with E-state index in [4.69, 9.17) is 5.11 Å². The lowest BCUT2D eigenvalue weighted by Crippen LogP contribution is -2.42. The van der Waals surface area contributed by atoms with Crippen molar-refractivity contribution in [2.24, 2.45) is 0 Å². The van der Waals surface area contributed by atoms with E-state index >= 15 is 0 Å². The number of pyridine rings is 1. The number of amides is 1. The summed E-state index contributed by atoms with van der Waals surface area (Å²) in [7, 11) is 0. The second-order valence-corrected chi connectivity index (χ2v) is 3.17. The molecule has 0 aromatic carbocycles. The zero-order valence-corrected chi connectivity index (χ0v) is 7.75. The smallest absolute Gasteiger partial charge is 0.328 e. The van der Waals surface area contributed by atoms with Gasteiger partial charge in [-0.05, 0) is 12.1 Å². The Morgan fingerprint density at radius 1 is 1.67 bits per heavy atom. The van der Waals surface area contributed by atoms with E-state index in [-0.39, 0.29) is 12.3 Å². The lowest BCUT2D eigenvalue weighted by atomic mass is 10.2. The van der Waals surface area contributed by atoms with Crippen molar-refractivity contribution < 1.29 is 14.7 Å². The number of aliphatic carboxylic acids is 1. The number of nitrogens with one attached hydrogen (secondary N) is 1. The minimum Gasteiger partial charge on any atom is -0.480 e. The van der Waals surface area contributed by atoms with Crippen molar-refractivity contribution in [3.05, 3.63) is 24.5 Å². The molecule has 2 rings (SSSR count). The van der Waals surface area contributed by atoms with Crippen LogP contribution in [0.4, 0.5) is 5.69 Å². The summed E-state index contributed by atoms with van der Waals surface area (Å²) in [5.41, 5.74) is 3.04. The van der Waals surface area contributed by atoms with Crippen LogP contribution >= 0.6 is 0 Å². The molecular formula is C9H9N3O3. The number of nitrogens with zero attached hydrogens (tertiary/aromatic N) is 2. The number of carbonyl (C=O) groups is 2. The molecule has 0 radical (unpaired) electrons. The quantitative estimate of drug-likeness (QED) is 0.700. The molecule has 6 nitrogen and oxygen atoms in total. The molecule has 2 N–H and O–H groups in total. The molecule has 78 valence electrons. The van der Waals surface area contributed by atoms with Crippen LogP contribution in [0.2, 0.25) is 0 Å². The highest BCUT2D eigenvalue weighted by atomic mass is 16.4. The zero-order valence-electron chi connectivity index (χ0n) is 7.75. The third-order valence-electron chi connectivity index (χ3n) is 2.14. The Kier molecular flexibility index (Phi) is 2.24. The Bertz CT molecular complexity index is 393. The van der Waals surface area contributed by atoms with Crippen LogP contribution in [0.25, 0.3) is 0 Å². The summed E-state index contributed by atoms with van der Waals surface area (Å²) in [5, 5.41) is 10.2. The number of hydrogen-bond donors (Lipinski definition) is 2. The van der Waals surface area contributed by atoms with Gasteiger partial charge in [-0.25, -0.2) is 4.79 Å². The van der Waals surface area contributed by atoms with E-state index in [9.17, 15) is 9.59 Å². The highest BCUT2D eigenvalue weighted by Gasteiger charge is 2.35. The van der Waals surface area contributed by atoms with E-state index in [1.807, 2.05) is 0 Å². The minimum absolute atomic E-state index is 0.0375. The van der Waals surface area contributed by atoms with Crippen molar-refractivity contribution in [1.82, 2.24) is 10.4 Å². The molecule has 1 aliphatic heterocycles. The van der Waals surface area contributed by atoms with E-state index in [2.05, 4.69) is 10.4 Å². The average molecular weight is 207 g/mol. The molecule has 1 saturated heterocycles. The van der Waals surface area contributed by atoms with Crippen LogP contribution in [0, 0.1) is 0 Å². The van der Waals surface area contributed by atoms with Crippen molar-refractivity contribution in [2.75, 3.05) is 5.01 Å². The Labute approximate surface area is 85.5 Å². The average Bonchev–Trinajstić information content (AvgIpc) is 2.62. The predicted octanol–water partition coefficient (Wildman–Crippen LogP) is -0.224. The van der Waals surface area contributed by atoms with E-state index in [1.165, 1.54) is 11.2 Å². The number of hydrogen-bond acceptors (Lipinski definition) is 4. The highest BCUT2D eigenvalue weighted by Crippen LogP contribution is 2.19. The number of carboxylic acid groups (broad SMARTS) is 1. The van der Waals surface area contributed by atoms with Gasteiger partial charge < -0.3 is 5.11 Å². The molecular weight excluding hydrogens is 198 g/mol. The van der Waals surface area contributed by atoms with Crippen LogP contribution in [0.5, 0.6) is 0 Å². The summed E-state index contributed by atoms with van der Waals surface area (Å²) < 4.78 is 0. The van der Waals surface area contributed by atoms with Crippen LogP contribution in [0.3, 0.4) is 0 Å². The summed E-state index contributed by atoms with van der Waals surface area (Å²) in [6, 6.07) is 2.51. The topological polar surface area (TPSA) is 82.5 Å². The summed E-state index contributed by atoms with van der Waals surface area (Å²) >= 11 is 0. The largest absolute Gasteiger partial charge is 0.480 e. The van der Waals surface area contributed by atoms with Crippen molar-refractivity contribution >= 4 is 17.6 Å². The van der Waals surface area contributed by atoms with Crippen LogP contribution in [0.15, 0.2) is 24.5 Å². The van der Waals surface area contributed by atoms with Gasteiger partial charge >= 0.3 is 5.97 Å². The highest BCUT2D eigenvalue weighted by molar-refractivity contribution is 5.92. The zero-order chi connectivity index (χ0) is 10.8. The van der Waals surface area contributed by atoms with Crippen LogP contribution < -0.4 is 10.4 Å². The maximum atomic E-state index is 11.1. The molecule has 2 heterocycles. The summed E-state index contributed by atoms with van der Waals surface area (Å²) in [4.78, 5) is 25.8. The molecule has 0 saturated carbocycles. The molecule has 1 aliphatic rings. The minimum atomic E-state index is -1.03. The van der Waals surface area contributed by atoms with Gasteiger partial charge in [-0.1, -0.05) is 0 Å². The molecule has 0 aliphatic carbocycles. The normalized spacial score (nSPS) is 20.1. The lowest BCUT2D eigenvalue weighted by molar-refractivity contribution is -0.138. The predicted molar refractivity (Wildman–Crippen MR) is 50.9 cm³/mol. The van der Waals surface area contributed by atoms with Crippen LogP contribution in [-0.4, -0.2) is 28.0 Å². The first-order valence-electron chi connectivity index (χ1n) is 4.40. The molecule has 1 fully saturated rings. The standard InChI is InChI=1S/C9H9N3O3/c13-8-4-7(9(14)15)12(11-8)6-2-1-3-10-5-6/h1-3,5,7H,4H2,(H,11,13)(H,14,15). The van der Waals surface area contributed by atoms with Gasteiger partial charge in [0.1, 0.15) is 0 Å². The fourth-order valence-electron chi connectivity index (χ4n) is 1.46. The molecule has 1 aromatic rings. The number of aromatic nitrogens is 1. The molecule has 0 spiro atoms. The molecule has 1 unspecified atom stereocenters. The van der Waals surface area contributed by atoms with Crippen LogP contribution in [0.1, 0.15) is 6.42 Å². The monoisotopic (exact) mass is 207 g/mol. The Balaban J connectivity index is 2.28. The van der Waals surface area contributed by atoms with Crippen molar-refractivity contribution in [3.8, 4) is 0 Å². The molecule has 1 aromatic heterocycles. The maximum absolute atomic E-state index is 11.1. The Morgan fingerprint density at radius 3 is 3.07 bits per heavy atom.